The van der Waals surface area contributed by atoms with E-state index in [9.17, 15) is 13.2 Å². The molecule has 5 rings (SSSR count). The summed E-state index contributed by atoms with van der Waals surface area (Å²) < 4.78 is 29.6. The Morgan fingerprint density at radius 2 is 1.89 bits per heavy atom. The van der Waals surface area contributed by atoms with Gasteiger partial charge in [0.15, 0.2) is 0 Å². The van der Waals surface area contributed by atoms with Gasteiger partial charge >= 0.3 is 0 Å². The number of carbonyl (C=O) groups excluding carboxylic acids is 1. The van der Waals surface area contributed by atoms with Gasteiger partial charge in [0.25, 0.3) is 0 Å². The number of imidazole rings is 1. The average Bonchev–Trinajstić information content (AvgIpc) is 3.52. The number of nitrogens with zero attached hydrogens (tertiary/aromatic N) is 4. The second-order valence-corrected chi connectivity index (χ2v) is 10.8. The van der Waals surface area contributed by atoms with Crippen LogP contribution >= 0.6 is 0 Å². The molecule has 1 saturated heterocycles. The first-order chi connectivity index (χ1) is 17.0. The van der Waals surface area contributed by atoms with Gasteiger partial charge in [0, 0.05) is 49.7 Å². The van der Waals surface area contributed by atoms with E-state index in [0.29, 0.717) is 25.0 Å². The van der Waals surface area contributed by atoms with Gasteiger partial charge in [0.05, 0.1) is 21.4 Å². The number of aryl methyl sites for hydroxylation is 2. The van der Waals surface area contributed by atoms with E-state index in [1.165, 1.54) is 0 Å². The topological polar surface area (TPSA) is 97.2 Å². The minimum absolute atomic E-state index is 0.0966. The molecular formula is C26H29N5O3S. The lowest BCUT2D eigenvalue weighted by Gasteiger charge is -2.15. The maximum absolute atomic E-state index is 13.0. The Balaban J connectivity index is 1.34. The minimum Gasteiger partial charge on any atom is -0.328 e. The largest absolute Gasteiger partial charge is 0.328 e. The standard InChI is InChI=1S/C26H29N5O3S/c1-2-14-31-24-10-8-21(35(33,34)30-15-3-4-16-30)18-23(24)29-25(31)11-12-26(32)28-20-7-9-22-19(17-20)6-5-13-27-22/h5-10,13,17-18H,2-4,11-12,14-16H2,1H3,(H,28,32). The molecule has 1 aliphatic heterocycles. The van der Waals surface area contributed by atoms with Crippen LogP contribution in [0.4, 0.5) is 5.69 Å². The number of rotatable bonds is 8. The third-order valence-electron chi connectivity index (χ3n) is 6.41. The molecule has 182 valence electrons. The highest BCUT2D eigenvalue weighted by atomic mass is 32.2. The minimum atomic E-state index is -3.51. The maximum Gasteiger partial charge on any atom is 0.243 e. The van der Waals surface area contributed by atoms with Gasteiger partial charge in [0.1, 0.15) is 5.82 Å². The fraction of sp³-hybridized carbons (Fsp3) is 0.346. The summed E-state index contributed by atoms with van der Waals surface area (Å²) in [5.41, 5.74) is 3.15. The van der Waals surface area contributed by atoms with Crippen molar-refractivity contribution >= 4 is 43.6 Å². The normalized spacial score (nSPS) is 14.7. The SMILES string of the molecule is CCCn1c(CCC(=O)Nc2ccc3ncccc3c2)nc2cc(S(=O)(=O)N3CCCC3)ccc21. The summed E-state index contributed by atoms with van der Waals surface area (Å²) in [4.78, 5) is 22.0. The van der Waals surface area contributed by atoms with E-state index >= 15 is 0 Å². The van der Waals surface area contributed by atoms with Crippen molar-refractivity contribution in [1.29, 1.82) is 0 Å². The maximum atomic E-state index is 13.0. The van der Waals surface area contributed by atoms with Gasteiger partial charge in [-0.05, 0) is 61.7 Å². The molecule has 1 fully saturated rings. The quantitative estimate of drug-likeness (QED) is 0.395. The highest BCUT2D eigenvalue weighted by Crippen LogP contribution is 2.26. The van der Waals surface area contributed by atoms with Crippen molar-refractivity contribution in [2.24, 2.45) is 0 Å². The van der Waals surface area contributed by atoms with E-state index in [4.69, 9.17) is 4.98 Å². The number of benzene rings is 2. The lowest BCUT2D eigenvalue weighted by atomic mass is 10.2. The van der Waals surface area contributed by atoms with E-state index in [0.717, 1.165) is 53.7 Å². The van der Waals surface area contributed by atoms with Crippen LogP contribution in [0.3, 0.4) is 0 Å². The Morgan fingerprint density at radius 3 is 2.69 bits per heavy atom. The first-order valence-corrected chi connectivity index (χ1v) is 13.5. The molecule has 8 nitrogen and oxygen atoms in total. The zero-order chi connectivity index (χ0) is 24.4. The summed E-state index contributed by atoms with van der Waals surface area (Å²) >= 11 is 0. The third kappa shape index (κ3) is 4.78. The second kappa shape index (κ2) is 9.75. The molecule has 1 aliphatic rings. The molecule has 35 heavy (non-hydrogen) atoms. The van der Waals surface area contributed by atoms with Crippen molar-refractivity contribution in [3.8, 4) is 0 Å². The van der Waals surface area contributed by atoms with Gasteiger partial charge in [-0.3, -0.25) is 9.78 Å². The molecule has 0 radical (unpaired) electrons. The number of hydrogen-bond donors (Lipinski definition) is 1. The van der Waals surface area contributed by atoms with Crippen molar-refractivity contribution in [2.45, 2.75) is 50.5 Å². The summed E-state index contributed by atoms with van der Waals surface area (Å²) in [5.74, 6) is 0.691. The number of hydrogen-bond acceptors (Lipinski definition) is 5. The molecule has 2 aromatic carbocycles. The van der Waals surface area contributed by atoms with Crippen molar-refractivity contribution in [3.05, 3.63) is 60.6 Å². The highest BCUT2D eigenvalue weighted by molar-refractivity contribution is 7.89. The Kier molecular flexibility index (Phi) is 6.53. The van der Waals surface area contributed by atoms with Gasteiger partial charge < -0.3 is 9.88 Å². The van der Waals surface area contributed by atoms with Crippen LogP contribution < -0.4 is 5.32 Å². The fourth-order valence-corrected chi connectivity index (χ4v) is 6.20. The van der Waals surface area contributed by atoms with Crippen molar-refractivity contribution < 1.29 is 13.2 Å². The number of pyridine rings is 1. The Bertz CT molecular complexity index is 1490. The fourth-order valence-electron chi connectivity index (χ4n) is 4.66. The van der Waals surface area contributed by atoms with Crippen molar-refractivity contribution in [1.82, 2.24) is 18.8 Å². The van der Waals surface area contributed by atoms with E-state index in [-0.39, 0.29) is 17.2 Å². The van der Waals surface area contributed by atoms with Crippen LogP contribution in [0.2, 0.25) is 0 Å². The summed E-state index contributed by atoms with van der Waals surface area (Å²) in [5, 5.41) is 3.93. The zero-order valence-electron chi connectivity index (χ0n) is 19.8. The van der Waals surface area contributed by atoms with E-state index in [1.807, 2.05) is 36.4 Å². The van der Waals surface area contributed by atoms with Crippen LogP contribution in [0.1, 0.15) is 38.4 Å². The lowest BCUT2D eigenvalue weighted by Crippen LogP contribution is -2.27. The number of amides is 1. The molecule has 0 unspecified atom stereocenters. The van der Waals surface area contributed by atoms with Crippen LogP contribution in [0.25, 0.3) is 21.9 Å². The molecule has 3 heterocycles. The number of carbonyl (C=O) groups is 1. The van der Waals surface area contributed by atoms with E-state index in [1.54, 1.807) is 22.6 Å². The predicted molar refractivity (Wildman–Crippen MR) is 137 cm³/mol. The van der Waals surface area contributed by atoms with Crippen LogP contribution in [-0.2, 0) is 27.8 Å². The molecule has 0 spiro atoms. The Morgan fingerprint density at radius 1 is 1.06 bits per heavy atom. The second-order valence-electron chi connectivity index (χ2n) is 8.90. The molecule has 1 amide bonds. The van der Waals surface area contributed by atoms with Crippen LogP contribution in [0, 0.1) is 0 Å². The number of fused-ring (bicyclic) bond motifs is 2. The third-order valence-corrected chi connectivity index (χ3v) is 8.31. The lowest BCUT2D eigenvalue weighted by molar-refractivity contribution is -0.116. The van der Waals surface area contributed by atoms with Crippen LogP contribution in [0.5, 0.6) is 0 Å². The monoisotopic (exact) mass is 491 g/mol. The molecule has 0 aliphatic carbocycles. The van der Waals surface area contributed by atoms with E-state index < -0.39 is 10.0 Å². The molecule has 9 heteroatoms. The molecule has 2 aromatic heterocycles. The molecular weight excluding hydrogens is 462 g/mol. The number of anilines is 1. The number of sulfonamides is 1. The first-order valence-electron chi connectivity index (χ1n) is 12.1. The van der Waals surface area contributed by atoms with Crippen LogP contribution in [0.15, 0.2) is 59.6 Å². The summed E-state index contributed by atoms with van der Waals surface area (Å²) in [7, 11) is -3.51. The summed E-state index contributed by atoms with van der Waals surface area (Å²) in [6, 6.07) is 14.7. The van der Waals surface area contributed by atoms with Crippen molar-refractivity contribution in [2.75, 3.05) is 18.4 Å². The van der Waals surface area contributed by atoms with Crippen molar-refractivity contribution in [3.63, 3.8) is 0 Å². The Labute approximate surface area is 205 Å². The predicted octanol–water partition coefficient (Wildman–Crippen LogP) is 4.35. The number of aromatic nitrogens is 3. The average molecular weight is 492 g/mol. The van der Waals surface area contributed by atoms with Gasteiger partial charge in [-0.2, -0.15) is 4.31 Å². The van der Waals surface area contributed by atoms with Gasteiger partial charge in [-0.15, -0.1) is 0 Å². The summed E-state index contributed by atoms with van der Waals surface area (Å²) in [6.45, 7) is 3.98. The van der Waals surface area contributed by atoms with E-state index in [2.05, 4.69) is 21.8 Å². The zero-order valence-corrected chi connectivity index (χ0v) is 20.6. The molecule has 0 saturated carbocycles. The molecule has 4 aromatic rings. The van der Waals surface area contributed by atoms with Gasteiger partial charge in [0.2, 0.25) is 15.9 Å². The highest BCUT2D eigenvalue weighted by Gasteiger charge is 2.27. The first kappa shape index (κ1) is 23.4. The molecule has 1 N–H and O–H groups in total. The smallest absolute Gasteiger partial charge is 0.243 e. The number of nitrogens with one attached hydrogen (secondary N) is 1. The molecule has 0 bridgehead atoms. The van der Waals surface area contributed by atoms with Crippen LogP contribution in [-0.4, -0.2) is 46.3 Å². The Hall–Kier alpha value is -3.30. The molecule has 0 atom stereocenters. The van der Waals surface area contributed by atoms with Gasteiger partial charge in [-0.25, -0.2) is 13.4 Å². The van der Waals surface area contributed by atoms with Gasteiger partial charge in [-0.1, -0.05) is 13.0 Å². The summed E-state index contributed by atoms with van der Waals surface area (Å²) in [6.07, 6.45) is 5.18.